The molecule has 1 N–H and O–H groups in total. The summed E-state index contributed by atoms with van der Waals surface area (Å²) in [5, 5.41) is 4.33. The molecule has 1 heterocycles. The number of nitrogens with one attached hydrogen (secondary N) is 1. The van der Waals surface area contributed by atoms with Gasteiger partial charge in [-0.15, -0.1) is 11.3 Å². The monoisotopic (exact) mass is 296 g/mol. The number of carbonyl (C=O) groups excluding carboxylic acids is 1. The van der Waals surface area contributed by atoms with Crippen LogP contribution in [0, 0.1) is 5.92 Å². The minimum absolute atomic E-state index is 0.122. The Kier molecular flexibility index (Phi) is 5.40. The van der Waals surface area contributed by atoms with E-state index in [0.717, 1.165) is 42.6 Å². The lowest BCUT2D eigenvalue weighted by Gasteiger charge is -2.08. The lowest BCUT2D eigenvalue weighted by atomic mass is 10.1. The molecule has 1 unspecified atom stereocenters. The molecule has 1 aliphatic rings. The molecular formula is C15H24N2O2S. The van der Waals surface area contributed by atoms with Crippen LogP contribution in [0.1, 0.15) is 56.5 Å². The van der Waals surface area contributed by atoms with Gasteiger partial charge < -0.3 is 10.1 Å². The van der Waals surface area contributed by atoms with Crippen molar-refractivity contribution in [2.45, 2.75) is 52.4 Å². The Bertz CT molecular complexity index is 457. The number of aryl methyl sites for hydroxylation is 1. The van der Waals surface area contributed by atoms with Crippen LogP contribution >= 0.6 is 11.3 Å². The van der Waals surface area contributed by atoms with Crippen molar-refractivity contribution in [1.29, 1.82) is 0 Å². The average molecular weight is 296 g/mol. The van der Waals surface area contributed by atoms with Crippen LogP contribution in [0.15, 0.2) is 0 Å². The number of ether oxygens (including phenoxy) is 1. The number of thiazole rings is 1. The predicted octanol–water partition coefficient (Wildman–Crippen LogP) is 3.58. The molecule has 0 saturated heterocycles. The van der Waals surface area contributed by atoms with E-state index in [-0.39, 0.29) is 11.9 Å². The molecule has 1 aliphatic carbocycles. The summed E-state index contributed by atoms with van der Waals surface area (Å²) in [5.74, 6) is 0.474. The third kappa shape index (κ3) is 3.72. The molecule has 112 valence electrons. The molecule has 20 heavy (non-hydrogen) atoms. The first-order chi connectivity index (χ1) is 9.61. The van der Waals surface area contributed by atoms with E-state index in [2.05, 4.69) is 24.1 Å². The molecule has 0 saturated carbocycles. The van der Waals surface area contributed by atoms with Gasteiger partial charge in [-0.2, -0.15) is 0 Å². The van der Waals surface area contributed by atoms with E-state index in [9.17, 15) is 4.79 Å². The average Bonchev–Trinajstić information content (AvgIpc) is 2.94. The fourth-order valence-electron chi connectivity index (χ4n) is 2.48. The zero-order valence-electron chi connectivity index (χ0n) is 12.6. The molecule has 0 aromatic carbocycles. The summed E-state index contributed by atoms with van der Waals surface area (Å²) < 4.78 is 5.12. The molecule has 1 aromatic rings. The third-order valence-corrected chi connectivity index (χ3v) is 4.61. The predicted molar refractivity (Wildman–Crippen MR) is 82.4 cm³/mol. The van der Waals surface area contributed by atoms with Crippen molar-refractivity contribution in [3.05, 3.63) is 10.6 Å². The van der Waals surface area contributed by atoms with E-state index in [1.807, 2.05) is 6.92 Å². The topological polar surface area (TPSA) is 51.2 Å². The Hall–Kier alpha value is -1.10. The highest BCUT2D eigenvalue weighted by Crippen LogP contribution is 2.38. The van der Waals surface area contributed by atoms with Crippen LogP contribution in [0.5, 0.6) is 0 Å². The van der Waals surface area contributed by atoms with E-state index in [1.165, 1.54) is 11.3 Å². The van der Waals surface area contributed by atoms with Crippen LogP contribution in [-0.4, -0.2) is 24.1 Å². The number of esters is 1. The maximum Gasteiger partial charge on any atom is 0.315 e. The lowest BCUT2D eigenvalue weighted by Crippen LogP contribution is -2.14. The standard InChI is InChI=1S/C15H24N2O2S/c1-4-19-14(18)11-7-8-12-13(11)17-15(20-12)16-9-5-6-10(2)3/h10-11H,4-9H2,1-3H3,(H,16,17). The SMILES string of the molecule is CCOC(=O)C1CCc2sc(NCCCC(C)C)nc21. The zero-order chi connectivity index (χ0) is 14.5. The fraction of sp³-hybridized carbons (Fsp3) is 0.733. The molecule has 2 rings (SSSR count). The molecule has 0 radical (unpaired) electrons. The van der Waals surface area contributed by atoms with Gasteiger partial charge >= 0.3 is 5.97 Å². The molecule has 0 bridgehead atoms. The van der Waals surface area contributed by atoms with Crippen LogP contribution in [0.2, 0.25) is 0 Å². The van der Waals surface area contributed by atoms with Crippen LogP contribution in [0.4, 0.5) is 5.13 Å². The van der Waals surface area contributed by atoms with Crippen molar-refractivity contribution in [1.82, 2.24) is 4.98 Å². The molecule has 0 spiro atoms. The highest BCUT2D eigenvalue weighted by molar-refractivity contribution is 7.15. The number of hydrogen-bond donors (Lipinski definition) is 1. The quantitative estimate of drug-likeness (QED) is 0.617. The van der Waals surface area contributed by atoms with E-state index in [4.69, 9.17) is 4.74 Å². The Morgan fingerprint density at radius 1 is 1.55 bits per heavy atom. The first kappa shape index (κ1) is 15.3. The Labute approximate surface area is 124 Å². The number of fused-ring (bicyclic) bond motifs is 1. The second kappa shape index (κ2) is 7.07. The van der Waals surface area contributed by atoms with Crippen LogP contribution < -0.4 is 5.32 Å². The van der Waals surface area contributed by atoms with E-state index < -0.39 is 0 Å². The molecule has 0 fully saturated rings. The van der Waals surface area contributed by atoms with Gasteiger partial charge in [-0.05, 0) is 38.5 Å². The number of aromatic nitrogens is 1. The van der Waals surface area contributed by atoms with Crippen molar-refractivity contribution < 1.29 is 9.53 Å². The van der Waals surface area contributed by atoms with E-state index >= 15 is 0 Å². The molecule has 0 amide bonds. The van der Waals surface area contributed by atoms with Crippen LogP contribution in [0.25, 0.3) is 0 Å². The summed E-state index contributed by atoms with van der Waals surface area (Å²) in [6.07, 6.45) is 4.18. The summed E-state index contributed by atoms with van der Waals surface area (Å²) in [6, 6.07) is 0. The van der Waals surface area contributed by atoms with Gasteiger partial charge in [0, 0.05) is 11.4 Å². The van der Waals surface area contributed by atoms with Gasteiger partial charge in [-0.25, -0.2) is 4.98 Å². The summed E-state index contributed by atoms with van der Waals surface area (Å²) in [5.41, 5.74) is 0.944. The highest BCUT2D eigenvalue weighted by atomic mass is 32.1. The van der Waals surface area contributed by atoms with Crippen LogP contribution in [-0.2, 0) is 16.0 Å². The van der Waals surface area contributed by atoms with Gasteiger partial charge in [0.1, 0.15) is 5.92 Å². The Morgan fingerprint density at radius 3 is 3.05 bits per heavy atom. The highest BCUT2D eigenvalue weighted by Gasteiger charge is 2.33. The van der Waals surface area contributed by atoms with Crippen molar-refractivity contribution in [2.75, 3.05) is 18.5 Å². The van der Waals surface area contributed by atoms with Crippen molar-refractivity contribution in [3.63, 3.8) is 0 Å². The number of rotatable bonds is 7. The molecule has 4 nitrogen and oxygen atoms in total. The summed E-state index contributed by atoms with van der Waals surface area (Å²) >= 11 is 1.69. The fourth-order valence-corrected chi connectivity index (χ4v) is 3.54. The molecule has 1 aromatic heterocycles. The maximum absolute atomic E-state index is 11.9. The maximum atomic E-state index is 11.9. The normalized spacial score (nSPS) is 17.3. The zero-order valence-corrected chi connectivity index (χ0v) is 13.4. The molecule has 5 heteroatoms. The van der Waals surface area contributed by atoms with Gasteiger partial charge in [0.05, 0.1) is 12.3 Å². The summed E-state index contributed by atoms with van der Waals surface area (Å²) in [6.45, 7) is 7.71. The van der Waals surface area contributed by atoms with Crippen molar-refractivity contribution in [3.8, 4) is 0 Å². The molecular weight excluding hydrogens is 272 g/mol. The summed E-state index contributed by atoms with van der Waals surface area (Å²) in [7, 11) is 0. The second-order valence-electron chi connectivity index (χ2n) is 5.63. The molecule has 0 aliphatic heterocycles. The molecule has 1 atom stereocenters. The first-order valence-corrected chi connectivity index (χ1v) is 8.33. The minimum atomic E-state index is -0.146. The number of nitrogens with zero attached hydrogens (tertiary/aromatic N) is 1. The third-order valence-electron chi connectivity index (χ3n) is 3.52. The van der Waals surface area contributed by atoms with Gasteiger partial charge in [0.2, 0.25) is 0 Å². The van der Waals surface area contributed by atoms with E-state index in [1.54, 1.807) is 11.3 Å². The Morgan fingerprint density at radius 2 is 2.35 bits per heavy atom. The van der Waals surface area contributed by atoms with Gasteiger partial charge in [0.15, 0.2) is 5.13 Å². The van der Waals surface area contributed by atoms with Crippen molar-refractivity contribution >= 4 is 22.4 Å². The second-order valence-corrected chi connectivity index (χ2v) is 6.72. The Balaban J connectivity index is 1.89. The number of carbonyl (C=O) groups is 1. The lowest BCUT2D eigenvalue weighted by molar-refractivity contribution is -0.145. The number of hydrogen-bond acceptors (Lipinski definition) is 5. The largest absolute Gasteiger partial charge is 0.465 e. The smallest absolute Gasteiger partial charge is 0.315 e. The first-order valence-electron chi connectivity index (χ1n) is 7.52. The summed E-state index contributed by atoms with van der Waals surface area (Å²) in [4.78, 5) is 17.7. The number of anilines is 1. The minimum Gasteiger partial charge on any atom is -0.465 e. The van der Waals surface area contributed by atoms with E-state index in [0.29, 0.717) is 6.61 Å². The van der Waals surface area contributed by atoms with Gasteiger partial charge in [0.25, 0.3) is 0 Å². The van der Waals surface area contributed by atoms with Gasteiger partial charge in [-0.1, -0.05) is 13.8 Å². The van der Waals surface area contributed by atoms with Crippen molar-refractivity contribution in [2.24, 2.45) is 5.92 Å². The van der Waals surface area contributed by atoms with Gasteiger partial charge in [-0.3, -0.25) is 4.79 Å². The van der Waals surface area contributed by atoms with Crippen LogP contribution in [0.3, 0.4) is 0 Å².